The van der Waals surface area contributed by atoms with Gasteiger partial charge in [-0.25, -0.2) is 4.98 Å². The zero-order chi connectivity index (χ0) is 21.6. The third kappa shape index (κ3) is 6.32. The Morgan fingerprint density at radius 2 is 1.83 bits per heavy atom. The molecule has 30 heavy (non-hydrogen) atoms. The van der Waals surface area contributed by atoms with Gasteiger partial charge in [-0.05, 0) is 23.8 Å². The van der Waals surface area contributed by atoms with E-state index in [1.165, 1.54) is 11.0 Å². The highest BCUT2D eigenvalue weighted by atomic mass is 19.4. The zero-order valence-corrected chi connectivity index (χ0v) is 16.9. The van der Waals surface area contributed by atoms with Gasteiger partial charge in [0.25, 0.3) is 5.82 Å². The topological polar surface area (TPSA) is 60.5 Å². The van der Waals surface area contributed by atoms with Crippen molar-refractivity contribution in [2.75, 3.05) is 51.3 Å². The minimum Gasteiger partial charge on any atom is -0.497 e. The highest BCUT2D eigenvalue weighted by Gasteiger charge is 2.33. The highest BCUT2D eigenvalue weighted by molar-refractivity contribution is 5.34. The maximum Gasteiger partial charge on any atom is 0.419 e. The minimum absolute atomic E-state index is 0.256. The quantitative estimate of drug-likeness (QED) is 0.655. The van der Waals surface area contributed by atoms with Gasteiger partial charge in [-0.3, -0.25) is 4.90 Å². The molecule has 0 amide bonds. The molecule has 1 fully saturated rings. The first-order valence-electron chi connectivity index (χ1n) is 9.91. The molecule has 164 valence electrons. The molecule has 0 bridgehead atoms. The van der Waals surface area contributed by atoms with Gasteiger partial charge < -0.3 is 19.5 Å². The number of pyridine rings is 1. The lowest BCUT2D eigenvalue weighted by molar-refractivity contribution is -0.903. The number of anilines is 1. The molecule has 0 aliphatic carbocycles. The molecule has 1 aliphatic rings. The van der Waals surface area contributed by atoms with Crippen molar-refractivity contribution in [2.45, 2.75) is 18.9 Å². The lowest BCUT2D eigenvalue weighted by Crippen LogP contribution is -3.16. The van der Waals surface area contributed by atoms with E-state index in [-0.39, 0.29) is 6.61 Å². The van der Waals surface area contributed by atoms with Gasteiger partial charge in [-0.15, -0.1) is 0 Å². The molecular formula is C21H28F3N3O3+2. The van der Waals surface area contributed by atoms with Crippen LogP contribution in [0.5, 0.6) is 5.75 Å². The van der Waals surface area contributed by atoms with Gasteiger partial charge in [-0.2, -0.15) is 13.2 Å². The fraction of sp³-hybridized carbons (Fsp3) is 0.476. The number of quaternary nitrogens is 1. The number of nitrogens with zero attached hydrogens (tertiary/aromatic N) is 1. The summed E-state index contributed by atoms with van der Waals surface area (Å²) in [4.78, 5) is 6.01. The first-order chi connectivity index (χ1) is 14.3. The van der Waals surface area contributed by atoms with Gasteiger partial charge >= 0.3 is 6.18 Å². The van der Waals surface area contributed by atoms with Gasteiger partial charge in [0.05, 0.1) is 25.9 Å². The number of nitrogens with one attached hydrogen (secondary N) is 2. The van der Waals surface area contributed by atoms with Crippen LogP contribution in [-0.4, -0.2) is 57.7 Å². The molecule has 0 saturated carbocycles. The maximum atomic E-state index is 12.7. The van der Waals surface area contributed by atoms with E-state index in [0.29, 0.717) is 32.1 Å². The molecule has 0 unspecified atom stereocenters. The van der Waals surface area contributed by atoms with E-state index in [0.717, 1.165) is 36.7 Å². The molecule has 1 aromatic heterocycles. The van der Waals surface area contributed by atoms with Crippen LogP contribution < -0.4 is 19.5 Å². The lowest BCUT2D eigenvalue weighted by atomic mass is 10.2. The van der Waals surface area contributed by atoms with Crippen molar-refractivity contribution < 1.29 is 37.6 Å². The van der Waals surface area contributed by atoms with Gasteiger partial charge in [0, 0.05) is 6.07 Å². The van der Waals surface area contributed by atoms with Crippen LogP contribution in [0.15, 0.2) is 42.6 Å². The van der Waals surface area contributed by atoms with Crippen molar-refractivity contribution in [3.63, 3.8) is 0 Å². The Morgan fingerprint density at radius 3 is 2.40 bits per heavy atom. The fourth-order valence-corrected chi connectivity index (χ4v) is 3.48. The predicted octanol–water partition coefficient (Wildman–Crippen LogP) is 0.811. The smallest absolute Gasteiger partial charge is 0.419 e. The summed E-state index contributed by atoms with van der Waals surface area (Å²) in [5, 5.41) is 10.3. The van der Waals surface area contributed by atoms with Crippen molar-refractivity contribution in [3.05, 3.63) is 53.7 Å². The summed E-state index contributed by atoms with van der Waals surface area (Å²) in [5.74, 6) is 1.46. The number of ether oxygens (including phenoxy) is 2. The standard InChI is InChI=1S/C21H26F3N3O3/c1-29-19-5-2-16(3-6-19)14-30-15-18(28)13-26-8-10-27(11-9-26)20-7-4-17(12-25-20)21(22,23)24/h2-7,12,18,28H,8-11,13-15H2,1H3/p+2/t18-/m0/s1. The van der Waals surface area contributed by atoms with Crippen LogP contribution in [0.25, 0.3) is 0 Å². The third-order valence-corrected chi connectivity index (χ3v) is 5.20. The molecule has 1 aliphatic heterocycles. The van der Waals surface area contributed by atoms with Gasteiger partial charge in [0.15, 0.2) is 0 Å². The second-order valence-electron chi connectivity index (χ2n) is 7.42. The predicted molar refractivity (Wildman–Crippen MR) is 104 cm³/mol. The number of alkyl halides is 3. The van der Waals surface area contributed by atoms with E-state index >= 15 is 0 Å². The number of rotatable bonds is 8. The molecule has 3 N–H and O–H groups in total. The van der Waals surface area contributed by atoms with E-state index in [4.69, 9.17) is 9.47 Å². The summed E-state index contributed by atoms with van der Waals surface area (Å²) >= 11 is 0. The lowest BCUT2D eigenvalue weighted by Gasteiger charge is -2.29. The summed E-state index contributed by atoms with van der Waals surface area (Å²) in [6.07, 6.45) is -3.91. The van der Waals surface area contributed by atoms with Crippen LogP contribution in [0, 0.1) is 0 Å². The Kier molecular flexibility index (Phi) is 7.52. The Labute approximate surface area is 173 Å². The summed E-state index contributed by atoms with van der Waals surface area (Å²) in [7, 11) is 1.62. The van der Waals surface area contributed by atoms with Crippen molar-refractivity contribution in [3.8, 4) is 5.75 Å². The van der Waals surface area contributed by atoms with Gasteiger partial charge in [0.2, 0.25) is 0 Å². The third-order valence-electron chi connectivity index (χ3n) is 5.20. The van der Waals surface area contributed by atoms with Gasteiger partial charge in [0.1, 0.15) is 50.8 Å². The fourth-order valence-electron chi connectivity index (χ4n) is 3.48. The average Bonchev–Trinajstić information content (AvgIpc) is 2.74. The SMILES string of the molecule is COc1ccc(COC[C@@H](O)C[NH+]2CCN(c3ccc(C(F)(F)F)c[nH+]3)CC2)cc1. The number of hydrogen-bond acceptors (Lipinski definition) is 4. The molecule has 1 atom stereocenters. The number of aromatic nitrogens is 1. The van der Waals surface area contributed by atoms with Crippen LogP contribution in [0.3, 0.4) is 0 Å². The molecule has 0 radical (unpaired) electrons. The molecule has 2 heterocycles. The molecule has 3 rings (SSSR count). The Hall–Kier alpha value is -2.36. The number of benzene rings is 1. The van der Waals surface area contributed by atoms with Crippen LogP contribution in [0.1, 0.15) is 11.1 Å². The molecule has 1 aromatic carbocycles. The van der Waals surface area contributed by atoms with E-state index in [2.05, 4.69) is 4.98 Å². The second kappa shape index (κ2) is 10.1. The monoisotopic (exact) mass is 427 g/mol. The number of aromatic amines is 1. The first kappa shape index (κ1) is 22.3. The average molecular weight is 427 g/mol. The number of halogens is 3. The van der Waals surface area contributed by atoms with Crippen LogP contribution in [0.2, 0.25) is 0 Å². The summed E-state index contributed by atoms with van der Waals surface area (Å²) in [5.41, 5.74) is 0.324. The summed E-state index contributed by atoms with van der Waals surface area (Å²) < 4.78 is 48.8. The molecule has 2 aromatic rings. The summed E-state index contributed by atoms with van der Waals surface area (Å²) in [6, 6.07) is 10.1. The number of H-pyrrole nitrogens is 1. The largest absolute Gasteiger partial charge is 0.497 e. The normalized spacial score (nSPS) is 16.5. The zero-order valence-electron chi connectivity index (χ0n) is 16.9. The maximum absolute atomic E-state index is 12.7. The van der Waals surface area contributed by atoms with Crippen LogP contribution >= 0.6 is 0 Å². The number of piperazine rings is 1. The van der Waals surface area contributed by atoms with E-state index in [1.54, 1.807) is 7.11 Å². The summed E-state index contributed by atoms with van der Waals surface area (Å²) in [6.45, 7) is 4.26. The van der Waals surface area contributed by atoms with Gasteiger partial charge in [-0.1, -0.05) is 12.1 Å². The van der Waals surface area contributed by atoms with E-state index in [9.17, 15) is 18.3 Å². The van der Waals surface area contributed by atoms with Crippen LogP contribution in [-0.2, 0) is 17.5 Å². The Bertz CT molecular complexity index is 777. The van der Waals surface area contributed by atoms with Crippen molar-refractivity contribution in [1.29, 1.82) is 0 Å². The second-order valence-corrected chi connectivity index (χ2v) is 7.42. The van der Waals surface area contributed by atoms with Crippen LogP contribution in [0.4, 0.5) is 19.0 Å². The number of aliphatic hydroxyl groups is 1. The highest BCUT2D eigenvalue weighted by Crippen LogP contribution is 2.28. The van der Waals surface area contributed by atoms with Crippen molar-refractivity contribution in [1.82, 2.24) is 0 Å². The number of hydrogen-bond donors (Lipinski definition) is 2. The van der Waals surface area contributed by atoms with Crippen molar-refractivity contribution >= 4 is 5.82 Å². The number of methoxy groups -OCH3 is 1. The molecular weight excluding hydrogens is 399 g/mol. The number of aliphatic hydroxyl groups excluding tert-OH is 1. The van der Waals surface area contributed by atoms with E-state index < -0.39 is 17.8 Å². The first-order valence-corrected chi connectivity index (χ1v) is 9.91. The molecule has 0 spiro atoms. The molecule has 6 nitrogen and oxygen atoms in total. The Balaban J connectivity index is 1.37. The van der Waals surface area contributed by atoms with Crippen molar-refractivity contribution in [2.24, 2.45) is 0 Å². The molecule has 1 saturated heterocycles. The van der Waals surface area contributed by atoms with E-state index in [1.807, 2.05) is 29.2 Å². The Morgan fingerprint density at radius 1 is 1.13 bits per heavy atom. The molecule has 9 heteroatoms. The minimum atomic E-state index is -4.34.